The summed E-state index contributed by atoms with van der Waals surface area (Å²) in [7, 11) is 0. The van der Waals surface area contributed by atoms with E-state index in [9.17, 15) is 4.39 Å². The Kier molecular flexibility index (Phi) is 4.10. The molecule has 2 rings (SSSR count). The molecule has 0 spiro atoms. The summed E-state index contributed by atoms with van der Waals surface area (Å²) in [6.45, 7) is 6.40. The van der Waals surface area contributed by atoms with Gasteiger partial charge in [0.1, 0.15) is 5.82 Å². The van der Waals surface area contributed by atoms with Crippen molar-refractivity contribution in [3.8, 4) is 0 Å². The minimum atomic E-state index is -0.120. The number of rotatable bonds is 5. The van der Waals surface area contributed by atoms with Crippen LogP contribution in [0.1, 0.15) is 25.8 Å². The fourth-order valence-corrected chi connectivity index (χ4v) is 3.24. The van der Waals surface area contributed by atoms with Crippen LogP contribution in [0.5, 0.6) is 0 Å². The van der Waals surface area contributed by atoms with Crippen LogP contribution >= 0.6 is 11.8 Å². The molecule has 0 atom stereocenters. The van der Waals surface area contributed by atoms with Crippen LogP contribution < -0.4 is 5.32 Å². The van der Waals surface area contributed by atoms with Crippen LogP contribution in [0.25, 0.3) is 0 Å². The van der Waals surface area contributed by atoms with Crippen molar-refractivity contribution in [2.24, 2.45) is 0 Å². The van der Waals surface area contributed by atoms with Gasteiger partial charge < -0.3 is 5.32 Å². The van der Waals surface area contributed by atoms with Crippen molar-refractivity contribution in [2.45, 2.75) is 30.9 Å². The standard InChI is InChI=1S/C14H20FNS/c1-11(2)17-7-6-14(9-16-10-14)12-4-3-5-13(15)8-12/h3-5,8,11,16H,6-7,9-10H2,1-2H3. The number of nitrogens with one attached hydrogen (secondary N) is 1. The second kappa shape index (κ2) is 5.40. The maximum Gasteiger partial charge on any atom is 0.123 e. The third-order valence-electron chi connectivity index (χ3n) is 3.40. The molecule has 1 nitrogen and oxygen atoms in total. The van der Waals surface area contributed by atoms with Crippen LogP contribution in [0.15, 0.2) is 24.3 Å². The Bertz CT molecular complexity index is 374. The van der Waals surface area contributed by atoms with E-state index in [1.165, 1.54) is 6.07 Å². The summed E-state index contributed by atoms with van der Waals surface area (Å²) in [6.07, 6.45) is 1.13. The highest BCUT2D eigenvalue weighted by Gasteiger charge is 2.38. The van der Waals surface area contributed by atoms with Gasteiger partial charge in [0.2, 0.25) is 0 Å². The van der Waals surface area contributed by atoms with Crippen LogP contribution in [-0.2, 0) is 5.41 Å². The summed E-state index contributed by atoms with van der Waals surface area (Å²) in [6, 6.07) is 7.09. The SMILES string of the molecule is CC(C)SCCC1(c2cccc(F)c2)CNC1. The molecule has 0 aliphatic carbocycles. The lowest BCUT2D eigenvalue weighted by molar-refractivity contribution is 0.268. The first-order chi connectivity index (χ1) is 8.12. The summed E-state index contributed by atoms with van der Waals surface area (Å²) in [5.74, 6) is 1.03. The Morgan fingerprint density at radius 1 is 1.41 bits per heavy atom. The molecule has 1 fully saturated rings. The molecule has 1 aromatic rings. The lowest BCUT2D eigenvalue weighted by Gasteiger charge is -2.43. The fraction of sp³-hybridized carbons (Fsp3) is 0.571. The molecule has 1 heterocycles. The van der Waals surface area contributed by atoms with Crippen LogP contribution in [0.2, 0.25) is 0 Å². The summed E-state index contributed by atoms with van der Waals surface area (Å²) >= 11 is 1.98. The predicted octanol–water partition coefficient (Wildman–Crippen LogP) is 3.20. The van der Waals surface area contributed by atoms with E-state index in [4.69, 9.17) is 0 Å². The summed E-state index contributed by atoms with van der Waals surface area (Å²) < 4.78 is 13.3. The van der Waals surface area contributed by atoms with Crippen molar-refractivity contribution < 1.29 is 4.39 Å². The van der Waals surface area contributed by atoms with Crippen molar-refractivity contribution >= 4 is 11.8 Å². The second-order valence-electron chi connectivity index (χ2n) is 5.06. The zero-order valence-electron chi connectivity index (χ0n) is 10.5. The molecule has 1 saturated heterocycles. The maximum atomic E-state index is 13.3. The van der Waals surface area contributed by atoms with E-state index in [1.807, 2.05) is 17.8 Å². The monoisotopic (exact) mass is 253 g/mol. The second-order valence-corrected chi connectivity index (χ2v) is 6.75. The van der Waals surface area contributed by atoms with E-state index in [2.05, 4.69) is 25.2 Å². The van der Waals surface area contributed by atoms with E-state index in [1.54, 1.807) is 6.07 Å². The molecule has 0 aromatic heterocycles. The van der Waals surface area contributed by atoms with Gasteiger partial charge in [-0.25, -0.2) is 4.39 Å². The highest BCUT2D eigenvalue weighted by atomic mass is 32.2. The van der Waals surface area contributed by atoms with Gasteiger partial charge in [-0.3, -0.25) is 0 Å². The van der Waals surface area contributed by atoms with Crippen LogP contribution in [0.3, 0.4) is 0 Å². The summed E-state index contributed by atoms with van der Waals surface area (Å²) in [4.78, 5) is 0. The van der Waals surface area contributed by atoms with Gasteiger partial charge in [0.15, 0.2) is 0 Å². The Labute approximate surface area is 107 Å². The van der Waals surface area contributed by atoms with Gasteiger partial charge in [0, 0.05) is 18.5 Å². The molecular weight excluding hydrogens is 233 g/mol. The fourth-order valence-electron chi connectivity index (χ4n) is 2.26. The van der Waals surface area contributed by atoms with Crippen LogP contribution in [0, 0.1) is 5.82 Å². The van der Waals surface area contributed by atoms with E-state index in [0.717, 1.165) is 30.8 Å². The van der Waals surface area contributed by atoms with E-state index < -0.39 is 0 Å². The Hall–Kier alpha value is -0.540. The van der Waals surface area contributed by atoms with Gasteiger partial charge in [-0.15, -0.1) is 0 Å². The van der Waals surface area contributed by atoms with Crippen molar-refractivity contribution in [2.75, 3.05) is 18.8 Å². The minimum Gasteiger partial charge on any atom is -0.315 e. The van der Waals surface area contributed by atoms with Crippen LogP contribution in [0.4, 0.5) is 4.39 Å². The Morgan fingerprint density at radius 2 is 2.18 bits per heavy atom. The Balaban J connectivity index is 2.04. The molecule has 1 aliphatic rings. The topological polar surface area (TPSA) is 12.0 Å². The lowest BCUT2D eigenvalue weighted by Crippen LogP contribution is -2.57. The molecule has 3 heteroatoms. The van der Waals surface area contributed by atoms with Gasteiger partial charge in [0.05, 0.1) is 0 Å². The summed E-state index contributed by atoms with van der Waals surface area (Å²) in [5.41, 5.74) is 1.32. The van der Waals surface area contributed by atoms with E-state index in [0.29, 0.717) is 5.25 Å². The lowest BCUT2D eigenvalue weighted by atomic mass is 9.73. The van der Waals surface area contributed by atoms with Crippen LogP contribution in [-0.4, -0.2) is 24.1 Å². The van der Waals surface area contributed by atoms with Gasteiger partial charge in [-0.2, -0.15) is 11.8 Å². The molecule has 0 amide bonds. The Morgan fingerprint density at radius 3 is 2.71 bits per heavy atom. The number of thioether (sulfide) groups is 1. The van der Waals surface area contributed by atoms with Crippen molar-refractivity contribution in [1.82, 2.24) is 5.32 Å². The molecule has 0 unspecified atom stereocenters. The smallest absolute Gasteiger partial charge is 0.123 e. The van der Waals surface area contributed by atoms with Crippen molar-refractivity contribution in [3.63, 3.8) is 0 Å². The molecule has 1 aromatic carbocycles. The number of halogens is 1. The first kappa shape index (κ1) is 12.9. The van der Waals surface area contributed by atoms with Crippen molar-refractivity contribution in [3.05, 3.63) is 35.6 Å². The molecule has 0 radical (unpaired) electrons. The summed E-state index contributed by atoms with van der Waals surface area (Å²) in [5, 5.41) is 4.00. The maximum absolute atomic E-state index is 13.3. The van der Waals surface area contributed by atoms with Gasteiger partial charge in [0.25, 0.3) is 0 Å². The van der Waals surface area contributed by atoms with Gasteiger partial charge in [-0.05, 0) is 35.1 Å². The average Bonchev–Trinajstić information content (AvgIpc) is 2.21. The predicted molar refractivity (Wildman–Crippen MR) is 73.2 cm³/mol. The first-order valence-electron chi connectivity index (χ1n) is 6.21. The number of hydrogen-bond acceptors (Lipinski definition) is 2. The van der Waals surface area contributed by atoms with Gasteiger partial charge in [-0.1, -0.05) is 26.0 Å². The normalized spacial score (nSPS) is 18.1. The zero-order chi connectivity index (χ0) is 12.3. The number of benzene rings is 1. The zero-order valence-corrected chi connectivity index (χ0v) is 11.3. The van der Waals surface area contributed by atoms with E-state index in [-0.39, 0.29) is 11.2 Å². The van der Waals surface area contributed by atoms with E-state index >= 15 is 0 Å². The number of hydrogen-bond donors (Lipinski definition) is 1. The van der Waals surface area contributed by atoms with Crippen molar-refractivity contribution in [1.29, 1.82) is 0 Å². The van der Waals surface area contributed by atoms with Gasteiger partial charge >= 0.3 is 0 Å². The molecule has 94 valence electrons. The third kappa shape index (κ3) is 3.02. The molecule has 0 saturated carbocycles. The molecule has 1 aliphatic heterocycles. The molecule has 17 heavy (non-hydrogen) atoms. The quantitative estimate of drug-likeness (QED) is 0.865. The third-order valence-corrected chi connectivity index (χ3v) is 4.50. The largest absolute Gasteiger partial charge is 0.315 e. The molecule has 0 bridgehead atoms. The highest BCUT2D eigenvalue weighted by molar-refractivity contribution is 7.99. The minimum absolute atomic E-state index is 0.120. The molecular formula is C14H20FNS. The highest BCUT2D eigenvalue weighted by Crippen LogP contribution is 2.34. The molecule has 1 N–H and O–H groups in total. The average molecular weight is 253 g/mol. The first-order valence-corrected chi connectivity index (χ1v) is 7.26.